The first-order valence-corrected chi connectivity index (χ1v) is 14.1. The van der Waals surface area contributed by atoms with Gasteiger partial charge >= 0.3 is 0 Å². The summed E-state index contributed by atoms with van der Waals surface area (Å²) < 4.78 is 26.4. The molecule has 0 radical (unpaired) electrons. The van der Waals surface area contributed by atoms with Gasteiger partial charge in [-0.15, -0.1) is 0 Å². The van der Waals surface area contributed by atoms with Crippen molar-refractivity contribution in [2.45, 2.75) is 44.6 Å². The lowest BCUT2D eigenvalue weighted by molar-refractivity contribution is 0.0606. The van der Waals surface area contributed by atoms with Gasteiger partial charge in [0.15, 0.2) is 5.82 Å². The Balaban J connectivity index is 1.41. The number of piperidine rings is 1. The summed E-state index contributed by atoms with van der Waals surface area (Å²) in [6.07, 6.45) is 7.18. The maximum Gasteiger partial charge on any atom is 0.254 e. The van der Waals surface area contributed by atoms with Crippen LogP contribution in [0.2, 0.25) is 0 Å². The number of fused-ring (bicyclic) bond motifs is 2. The number of likely N-dealkylation sites (tertiary alicyclic amines) is 1. The topological polar surface area (TPSA) is 109 Å². The summed E-state index contributed by atoms with van der Waals surface area (Å²) in [6.45, 7) is 1.72. The molecule has 11 heteroatoms. The van der Waals surface area contributed by atoms with E-state index in [1.54, 1.807) is 23.9 Å². The third-order valence-corrected chi connectivity index (χ3v) is 8.11. The number of amides is 1. The van der Waals surface area contributed by atoms with Crippen molar-refractivity contribution in [3.63, 3.8) is 0 Å². The number of aromatic nitrogens is 6. The van der Waals surface area contributed by atoms with Crippen LogP contribution in [-0.2, 0) is 20.1 Å². The van der Waals surface area contributed by atoms with Crippen molar-refractivity contribution in [2.75, 3.05) is 20.2 Å². The number of hydrogen-bond donors (Lipinski definition) is 1. The van der Waals surface area contributed by atoms with Crippen molar-refractivity contribution in [1.29, 1.82) is 0 Å². The van der Waals surface area contributed by atoms with Crippen LogP contribution in [0.4, 0.5) is 4.39 Å². The van der Waals surface area contributed by atoms with E-state index in [1.165, 1.54) is 17.7 Å². The standard InChI is InChI=1S/C30H33FN8O2/c1-36-13-19(12-34-36)15-39-27-24(8-21(10-26(27)41-2)30(40)37-16-22(31)11-23(32)17-37)35-29(39)25-9-20-4-3-7-33-28(20)38(25)14-18-5-6-18/h3-4,7-10,12-13,18,22-23H,5-6,11,14-17,32H2,1-2H3/t22-,23-/m1/s1. The minimum Gasteiger partial charge on any atom is -0.494 e. The zero-order valence-electron chi connectivity index (χ0n) is 23.2. The lowest BCUT2D eigenvalue weighted by atomic mass is 10.0. The normalized spacial score (nSPS) is 19.4. The highest BCUT2D eigenvalue weighted by Gasteiger charge is 2.31. The van der Waals surface area contributed by atoms with E-state index in [2.05, 4.69) is 26.4 Å². The molecule has 5 heterocycles. The number of carbonyl (C=O) groups excluding carboxylic acids is 1. The summed E-state index contributed by atoms with van der Waals surface area (Å²) in [5, 5.41) is 5.42. The van der Waals surface area contributed by atoms with Crippen LogP contribution in [0.5, 0.6) is 5.75 Å². The van der Waals surface area contributed by atoms with Crippen LogP contribution in [0.15, 0.2) is 48.9 Å². The molecule has 212 valence electrons. The number of nitrogens with two attached hydrogens (primary N) is 1. The van der Waals surface area contributed by atoms with Crippen LogP contribution in [0.3, 0.4) is 0 Å². The van der Waals surface area contributed by atoms with Gasteiger partial charge in [-0.25, -0.2) is 14.4 Å². The Hall–Kier alpha value is -4.25. The predicted molar refractivity (Wildman–Crippen MR) is 153 cm³/mol. The highest BCUT2D eigenvalue weighted by Crippen LogP contribution is 2.38. The number of halogens is 1. The molecule has 2 fully saturated rings. The molecule has 0 spiro atoms. The van der Waals surface area contributed by atoms with Crippen LogP contribution in [-0.4, -0.2) is 72.1 Å². The van der Waals surface area contributed by atoms with Gasteiger partial charge in [0.25, 0.3) is 5.91 Å². The van der Waals surface area contributed by atoms with Gasteiger partial charge in [0.05, 0.1) is 37.6 Å². The summed E-state index contributed by atoms with van der Waals surface area (Å²) in [6, 6.07) is 9.28. The van der Waals surface area contributed by atoms with Gasteiger partial charge in [-0.05, 0) is 55.5 Å². The minimum absolute atomic E-state index is 0.0296. The highest BCUT2D eigenvalue weighted by atomic mass is 19.1. The fraction of sp³-hybridized carbons (Fsp3) is 0.400. The summed E-state index contributed by atoms with van der Waals surface area (Å²) in [5.41, 5.74) is 10.7. The Kier molecular flexibility index (Phi) is 6.26. The number of pyridine rings is 1. The summed E-state index contributed by atoms with van der Waals surface area (Å²) in [4.78, 5) is 24.9. The second kappa shape index (κ2) is 9.99. The number of benzene rings is 1. The van der Waals surface area contributed by atoms with Gasteiger partial charge in [0.1, 0.15) is 23.1 Å². The lowest BCUT2D eigenvalue weighted by Gasteiger charge is -2.33. The second-order valence-electron chi connectivity index (χ2n) is 11.4. The Labute approximate surface area is 236 Å². The summed E-state index contributed by atoms with van der Waals surface area (Å²) in [5.74, 6) is 1.62. The molecule has 10 nitrogen and oxygen atoms in total. The summed E-state index contributed by atoms with van der Waals surface area (Å²) in [7, 11) is 3.48. The highest BCUT2D eigenvalue weighted by molar-refractivity contribution is 6.00. The van der Waals surface area contributed by atoms with Crippen LogP contribution in [0, 0.1) is 5.92 Å². The van der Waals surface area contributed by atoms with E-state index in [4.69, 9.17) is 20.4 Å². The van der Waals surface area contributed by atoms with Crippen molar-refractivity contribution in [1.82, 2.24) is 33.8 Å². The van der Waals surface area contributed by atoms with E-state index < -0.39 is 6.17 Å². The molecule has 0 bridgehead atoms. The Bertz CT molecular complexity index is 1760. The minimum atomic E-state index is -1.14. The number of imidazole rings is 1. The molecule has 4 aromatic heterocycles. The predicted octanol–water partition coefficient (Wildman–Crippen LogP) is 3.76. The van der Waals surface area contributed by atoms with Crippen molar-refractivity contribution < 1.29 is 13.9 Å². The number of ether oxygens (including phenoxy) is 1. The molecule has 2 atom stereocenters. The monoisotopic (exact) mass is 556 g/mol. The lowest BCUT2D eigenvalue weighted by Crippen LogP contribution is -2.50. The molecule has 1 aromatic carbocycles. The quantitative estimate of drug-likeness (QED) is 0.327. The number of rotatable bonds is 7. The molecule has 7 rings (SSSR count). The molecule has 1 amide bonds. The molecule has 1 saturated carbocycles. The first kappa shape index (κ1) is 25.7. The molecule has 2 N–H and O–H groups in total. The largest absolute Gasteiger partial charge is 0.494 e. The van der Waals surface area contributed by atoms with Crippen LogP contribution in [0.25, 0.3) is 33.6 Å². The van der Waals surface area contributed by atoms with E-state index in [1.807, 2.05) is 31.7 Å². The average Bonchev–Trinajstić information content (AvgIpc) is 3.41. The Morgan fingerprint density at radius 3 is 2.78 bits per heavy atom. The van der Waals surface area contributed by atoms with Crippen LogP contribution >= 0.6 is 0 Å². The molecule has 1 aliphatic carbocycles. The number of alkyl halides is 1. The van der Waals surface area contributed by atoms with Gasteiger partial charge in [0.2, 0.25) is 0 Å². The molecule has 1 aliphatic heterocycles. The number of nitrogens with zero attached hydrogens (tertiary/aromatic N) is 7. The van der Waals surface area contributed by atoms with Crippen molar-refractivity contribution >= 4 is 28.0 Å². The molecule has 5 aromatic rings. The number of hydrogen-bond acceptors (Lipinski definition) is 6. The molecular formula is C30H33FN8O2. The van der Waals surface area contributed by atoms with E-state index in [0.29, 0.717) is 35.8 Å². The van der Waals surface area contributed by atoms with Gasteiger partial charge in [0, 0.05) is 55.1 Å². The molecule has 2 aliphatic rings. The van der Waals surface area contributed by atoms with Crippen molar-refractivity contribution in [2.24, 2.45) is 18.7 Å². The third-order valence-electron chi connectivity index (χ3n) is 8.11. The first-order valence-electron chi connectivity index (χ1n) is 14.1. The SMILES string of the molecule is COc1cc(C(=O)N2C[C@H](N)C[C@@H](F)C2)cc2nc(-c3cc4cccnc4n3CC3CC3)n(Cc3cnn(C)c3)c12. The number of methoxy groups -OCH3 is 1. The van der Waals surface area contributed by atoms with E-state index in [0.717, 1.165) is 40.2 Å². The van der Waals surface area contributed by atoms with E-state index in [-0.39, 0.29) is 24.9 Å². The fourth-order valence-electron chi connectivity index (χ4n) is 6.03. The van der Waals surface area contributed by atoms with Gasteiger partial charge in [-0.1, -0.05) is 0 Å². The average molecular weight is 557 g/mol. The maximum absolute atomic E-state index is 14.3. The number of carbonyl (C=O) groups is 1. The van der Waals surface area contributed by atoms with Gasteiger partial charge in [-0.3, -0.25) is 9.48 Å². The molecular weight excluding hydrogens is 523 g/mol. The molecule has 41 heavy (non-hydrogen) atoms. The zero-order chi connectivity index (χ0) is 28.2. The third kappa shape index (κ3) is 4.73. The van der Waals surface area contributed by atoms with Crippen molar-refractivity contribution in [3.05, 3.63) is 60.0 Å². The van der Waals surface area contributed by atoms with Crippen molar-refractivity contribution in [3.8, 4) is 17.3 Å². The van der Waals surface area contributed by atoms with E-state index >= 15 is 0 Å². The molecule has 1 saturated heterocycles. The van der Waals surface area contributed by atoms with Crippen LogP contribution in [0.1, 0.15) is 35.2 Å². The Morgan fingerprint density at radius 2 is 2.05 bits per heavy atom. The smallest absolute Gasteiger partial charge is 0.254 e. The first-order chi connectivity index (χ1) is 19.9. The van der Waals surface area contributed by atoms with E-state index in [9.17, 15) is 9.18 Å². The molecule has 0 unspecified atom stereocenters. The fourth-order valence-corrected chi connectivity index (χ4v) is 6.03. The summed E-state index contributed by atoms with van der Waals surface area (Å²) >= 11 is 0. The van der Waals surface area contributed by atoms with Crippen LogP contribution < -0.4 is 10.5 Å². The van der Waals surface area contributed by atoms with Gasteiger partial charge in [-0.2, -0.15) is 5.10 Å². The maximum atomic E-state index is 14.3. The van der Waals surface area contributed by atoms with Gasteiger partial charge < -0.3 is 24.5 Å². The second-order valence-corrected chi connectivity index (χ2v) is 11.4. The zero-order valence-corrected chi connectivity index (χ0v) is 23.2. The number of aryl methyl sites for hydroxylation is 1. The Morgan fingerprint density at radius 1 is 1.20 bits per heavy atom.